The molecule has 2 heterocycles. The Morgan fingerprint density at radius 1 is 0.750 bits per heavy atom. The zero-order chi connectivity index (χ0) is 19.1. The minimum Gasteiger partial charge on any atom is -0.456 e. The first-order valence-corrected chi connectivity index (χ1v) is 9.63. The van der Waals surface area contributed by atoms with Crippen molar-refractivity contribution in [1.82, 2.24) is 4.98 Å². The molecule has 0 fully saturated rings. The second-order valence-corrected chi connectivity index (χ2v) is 7.42. The van der Waals surface area contributed by atoms with Crippen LogP contribution < -0.4 is 0 Å². The van der Waals surface area contributed by atoms with Crippen molar-refractivity contribution in [3.05, 3.63) is 102 Å². The predicted molar refractivity (Wildman–Crippen MR) is 116 cm³/mol. The maximum Gasteiger partial charge on any atom is 0.135 e. The van der Waals surface area contributed by atoms with Crippen molar-refractivity contribution in [2.45, 2.75) is 19.8 Å². The van der Waals surface area contributed by atoms with Crippen molar-refractivity contribution in [2.24, 2.45) is 0 Å². The van der Waals surface area contributed by atoms with Crippen LogP contribution in [0.4, 0.5) is 0 Å². The van der Waals surface area contributed by atoms with E-state index in [1.807, 2.05) is 6.20 Å². The molecule has 2 aromatic heterocycles. The highest BCUT2D eigenvalue weighted by atomic mass is 16.3. The third kappa shape index (κ3) is 2.87. The molecule has 0 amide bonds. The zero-order valence-electron chi connectivity index (χ0n) is 16.0. The Hall–Kier alpha value is -3.39. The molecule has 0 radical (unpaired) electrons. The number of aryl methyl sites for hydroxylation is 1. The van der Waals surface area contributed by atoms with Crippen LogP contribution in [0.25, 0.3) is 33.2 Å². The van der Waals surface area contributed by atoms with Gasteiger partial charge in [-0.05, 0) is 60.0 Å². The molecule has 3 aromatic carbocycles. The Morgan fingerprint density at radius 2 is 1.61 bits per heavy atom. The average Bonchev–Trinajstić information content (AvgIpc) is 3.10. The largest absolute Gasteiger partial charge is 0.456 e. The molecule has 2 heteroatoms. The van der Waals surface area contributed by atoms with E-state index >= 15 is 0 Å². The van der Waals surface area contributed by atoms with Crippen LogP contribution in [-0.4, -0.2) is 4.98 Å². The average molecular weight is 363 g/mol. The van der Waals surface area contributed by atoms with E-state index in [1.165, 1.54) is 16.7 Å². The Bertz CT molecular complexity index is 1280. The van der Waals surface area contributed by atoms with E-state index in [2.05, 4.69) is 97.7 Å². The fourth-order valence-electron chi connectivity index (χ4n) is 3.85. The molecule has 5 aromatic rings. The highest BCUT2D eigenvalue weighted by molar-refractivity contribution is 6.06. The van der Waals surface area contributed by atoms with Gasteiger partial charge in [-0.15, -0.1) is 0 Å². The Kier molecular flexibility index (Phi) is 3.98. The van der Waals surface area contributed by atoms with Crippen molar-refractivity contribution >= 4 is 21.9 Å². The zero-order valence-corrected chi connectivity index (χ0v) is 16.0. The van der Waals surface area contributed by atoms with Gasteiger partial charge in [0.05, 0.1) is 5.69 Å². The first-order chi connectivity index (χ1) is 13.7. The molecule has 28 heavy (non-hydrogen) atoms. The van der Waals surface area contributed by atoms with Gasteiger partial charge in [-0.3, -0.25) is 4.98 Å². The van der Waals surface area contributed by atoms with Gasteiger partial charge < -0.3 is 4.42 Å². The highest BCUT2D eigenvalue weighted by Gasteiger charge is 2.12. The van der Waals surface area contributed by atoms with Crippen LogP contribution in [0, 0.1) is 6.92 Å². The lowest BCUT2D eigenvalue weighted by Gasteiger charge is -2.13. The van der Waals surface area contributed by atoms with E-state index < -0.39 is 0 Å². The summed E-state index contributed by atoms with van der Waals surface area (Å²) in [7, 11) is 0. The molecule has 0 bridgehead atoms. The van der Waals surface area contributed by atoms with Gasteiger partial charge in [-0.25, -0.2) is 0 Å². The van der Waals surface area contributed by atoms with E-state index in [-0.39, 0.29) is 0 Å². The van der Waals surface area contributed by atoms with E-state index in [1.54, 1.807) is 0 Å². The first-order valence-electron chi connectivity index (χ1n) is 9.63. The number of nitrogens with zero attached hydrogens (tertiary/aromatic N) is 1. The summed E-state index contributed by atoms with van der Waals surface area (Å²) >= 11 is 0. The van der Waals surface area contributed by atoms with E-state index in [0.717, 1.165) is 33.2 Å². The summed E-state index contributed by atoms with van der Waals surface area (Å²) in [6.07, 6.45) is 1.91. The number of fused-ring (bicyclic) bond motifs is 3. The standard InChI is InChI=1S/C26H21NO/c1-17-8-10-22-23-15-21(9-11-25(23)28-26(22)14-17)24-16-20(12-13-27-24)18(2)19-6-4-3-5-7-19/h3-16,18H,1-2H3. The van der Waals surface area contributed by atoms with Crippen LogP contribution in [0.5, 0.6) is 0 Å². The van der Waals surface area contributed by atoms with Gasteiger partial charge in [0.1, 0.15) is 11.2 Å². The Labute approximate surface area is 164 Å². The number of pyridine rings is 1. The lowest BCUT2D eigenvalue weighted by Crippen LogP contribution is -1.97. The molecule has 1 unspecified atom stereocenters. The lowest BCUT2D eigenvalue weighted by molar-refractivity contribution is 0.668. The summed E-state index contributed by atoms with van der Waals surface area (Å²) in [6, 6.07) is 27.6. The molecule has 0 N–H and O–H groups in total. The summed E-state index contributed by atoms with van der Waals surface area (Å²) in [6.45, 7) is 4.32. The molecule has 1 atom stereocenters. The van der Waals surface area contributed by atoms with Crippen molar-refractivity contribution in [1.29, 1.82) is 0 Å². The van der Waals surface area contributed by atoms with Crippen molar-refractivity contribution in [3.63, 3.8) is 0 Å². The van der Waals surface area contributed by atoms with E-state index in [4.69, 9.17) is 4.42 Å². The first kappa shape index (κ1) is 16.8. The molecule has 0 aliphatic carbocycles. The minimum absolute atomic E-state index is 0.324. The summed E-state index contributed by atoms with van der Waals surface area (Å²) in [5.74, 6) is 0.324. The van der Waals surface area contributed by atoms with E-state index in [0.29, 0.717) is 5.92 Å². The lowest BCUT2D eigenvalue weighted by atomic mass is 9.92. The summed E-state index contributed by atoms with van der Waals surface area (Å²) in [4.78, 5) is 4.64. The van der Waals surface area contributed by atoms with Crippen LogP contribution in [0.3, 0.4) is 0 Å². The maximum absolute atomic E-state index is 6.02. The van der Waals surface area contributed by atoms with Crippen LogP contribution >= 0.6 is 0 Å². The molecule has 0 saturated carbocycles. The van der Waals surface area contributed by atoms with Crippen LogP contribution in [0.2, 0.25) is 0 Å². The van der Waals surface area contributed by atoms with Gasteiger partial charge in [-0.1, -0.05) is 49.4 Å². The monoisotopic (exact) mass is 363 g/mol. The SMILES string of the molecule is Cc1ccc2c(c1)oc1ccc(-c3cc(C(C)c4ccccc4)ccn3)cc12. The molecular formula is C26H21NO. The topological polar surface area (TPSA) is 26.0 Å². The number of rotatable bonds is 3. The molecular weight excluding hydrogens is 342 g/mol. The summed E-state index contributed by atoms with van der Waals surface area (Å²) in [5.41, 5.74) is 7.73. The van der Waals surface area contributed by atoms with Gasteiger partial charge in [0.25, 0.3) is 0 Å². The fourth-order valence-corrected chi connectivity index (χ4v) is 3.85. The van der Waals surface area contributed by atoms with Gasteiger partial charge in [-0.2, -0.15) is 0 Å². The predicted octanol–water partition coefficient (Wildman–Crippen LogP) is 7.11. The van der Waals surface area contributed by atoms with Gasteiger partial charge in [0.15, 0.2) is 0 Å². The second-order valence-electron chi connectivity index (χ2n) is 7.42. The van der Waals surface area contributed by atoms with Crippen LogP contribution in [0.15, 0.2) is 89.5 Å². The number of aromatic nitrogens is 1. The summed E-state index contributed by atoms with van der Waals surface area (Å²) in [5, 5.41) is 2.28. The Morgan fingerprint density at radius 3 is 2.46 bits per heavy atom. The quantitative estimate of drug-likeness (QED) is 0.341. The molecule has 2 nitrogen and oxygen atoms in total. The van der Waals surface area contributed by atoms with Crippen molar-refractivity contribution < 1.29 is 4.42 Å². The number of benzene rings is 3. The molecule has 0 aliphatic heterocycles. The number of hydrogen-bond donors (Lipinski definition) is 0. The third-order valence-corrected chi connectivity index (χ3v) is 5.51. The molecule has 0 saturated heterocycles. The normalized spacial score (nSPS) is 12.5. The van der Waals surface area contributed by atoms with Gasteiger partial charge >= 0.3 is 0 Å². The second kappa shape index (κ2) is 6.65. The molecule has 0 aliphatic rings. The minimum atomic E-state index is 0.324. The third-order valence-electron chi connectivity index (χ3n) is 5.51. The van der Waals surface area contributed by atoms with Crippen molar-refractivity contribution in [3.8, 4) is 11.3 Å². The number of hydrogen-bond acceptors (Lipinski definition) is 2. The smallest absolute Gasteiger partial charge is 0.135 e. The van der Waals surface area contributed by atoms with Crippen LogP contribution in [-0.2, 0) is 0 Å². The number of furan rings is 1. The van der Waals surface area contributed by atoms with Crippen LogP contribution in [0.1, 0.15) is 29.5 Å². The molecule has 5 rings (SSSR count). The van der Waals surface area contributed by atoms with Crippen molar-refractivity contribution in [2.75, 3.05) is 0 Å². The van der Waals surface area contributed by atoms with Gasteiger partial charge in [0, 0.05) is 28.5 Å². The molecule has 0 spiro atoms. The maximum atomic E-state index is 6.02. The van der Waals surface area contributed by atoms with E-state index in [9.17, 15) is 0 Å². The fraction of sp³-hybridized carbons (Fsp3) is 0.115. The molecule has 136 valence electrons. The Balaban J connectivity index is 1.59. The highest BCUT2D eigenvalue weighted by Crippen LogP contribution is 2.33. The summed E-state index contributed by atoms with van der Waals surface area (Å²) < 4.78 is 6.02. The van der Waals surface area contributed by atoms with Gasteiger partial charge in [0.2, 0.25) is 0 Å².